The van der Waals surface area contributed by atoms with Crippen molar-refractivity contribution in [3.8, 4) is 16.9 Å². The topological polar surface area (TPSA) is 50.2 Å². The van der Waals surface area contributed by atoms with Crippen molar-refractivity contribution in [2.75, 3.05) is 13.1 Å². The van der Waals surface area contributed by atoms with E-state index in [0.29, 0.717) is 0 Å². The molecule has 1 N–H and O–H groups in total. The smallest absolute Gasteiger partial charge is 0.217 e. The van der Waals surface area contributed by atoms with Crippen LogP contribution in [0.2, 0.25) is 0 Å². The number of likely N-dealkylation sites (tertiary alicyclic amines) is 1. The molecule has 0 aliphatic carbocycles. The Morgan fingerprint density at radius 3 is 2.59 bits per heavy atom. The molecular formula is C23H25FN4O. The molecule has 2 aromatic carbocycles. The SMILES string of the molecule is CC(=O)NC1CCN(Cc2cn(-c3ccc(C)cc3)nc2-c2ccc(F)cc2)C1. The van der Waals surface area contributed by atoms with Crippen molar-refractivity contribution in [2.24, 2.45) is 0 Å². The van der Waals surface area contributed by atoms with Crippen molar-refractivity contribution in [3.63, 3.8) is 0 Å². The Morgan fingerprint density at radius 2 is 1.90 bits per heavy atom. The van der Waals surface area contributed by atoms with Crippen LogP contribution in [0.4, 0.5) is 4.39 Å². The molecule has 1 amide bonds. The van der Waals surface area contributed by atoms with Gasteiger partial charge in [0.25, 0.3) is 0 Å². The first-order valence-corrected chi connectivity index (χ1v) is 9.89. The fourth-order valence-corrected chi connectivity index (χ4v) is 3.83. The number of amides is 1. The highest BCUT2D eigenvalue weighted by Gasteiger charge is 2.24. The van der Waals surface area contributed by atoms with E-state index < -0.39 is 0 Å². The standard InChI is InChI=1S/C23H25FN4O/c1-16-3-9-22(10-4-16)28-14-19(13-27-12-11-21(15-27)25-17(2)29)23(26-28)18-5-7-20(24)8-6-18/h3-10,14,21H,11-13,15H2,1-2H3,(H,25,29). The van der Waals surface area contributed by atoms with Crippen molar-refractivity contribution < 1.29 is 9.18 Å². The number of halogens is 1. The molecule has 3 aromatic rings. The summed E-state index contributed by atoms with van der Waals surface area (Å²) in [4.78, 5) is 13.7. The number of hydrogen-bond donors (Lipinski definition) is 1. The van der Waals surface area contributed by atoms with Gasteiger partial charge in [0.1, 0.15) is 5.82 Å². The molecule has 1 unspecified atom stereocenters. The van der Waals surface area contributed by atoms with Crippen LogP contribution in [0.1, 0.15) is 24.5 Å². The number of carbonyl (C=O) groups is 1. The van der Waals surface area contributed by atoms with Gasteiger partial charge in [0.15, 0.2) is 0 Å². The largest absolute Gasteiger partial charge is 0.352 e. The first kappa shape index (κ1) is 19.3. The highest BCUT2D eigenvalue weighted by Crippen LogP contribution is 2.26. The maximum absolute atomic E-state index is 13.4. The molecule has 0 saturated carbocycles. The van der Waals surface area contributed by atoms with Gasteiger partial charge in [0.2, 0.25) is 5.91 Å². The summed E-state index contributed by atoms with van der Waals surface area (Å²) < 4.78 is 15.3. The zero-order valence-electron chi connectivity index (χ0n) is 16.7. The van der Waals surface area contributed by atoms with Gasteiger partial charge in [-0.1, -0.05) is 17.7 Å². The minimum atomic E-state index is -0.258. The molecule has 5 nitrogen and oxygen atoms in total. The lowest BCUT2D eigenvalue weighted by Gasteiger charge is -2.16. The number of nitrogens with one attached hydrogen (secondary N) is 1. The Labute approximate surface area is 170 Å². The molecule has 1 aliphatic rings. The number of aryl methyl sites for hydroxylation is 1. The maximum atomic E-state index is 13.4. The van der Waals surface area contributed by atoms with Crippen LogP contribution in [0.15, 0.2) is 54.7 Å². The Morgan fingerprint density at radius 1 is 1.17 bits per heavy atom. The van der Waals surface area contributed by atoms with Gasteiger partial charge in [-0.2, -0.15) is 5.10 Å². The summed E-state index contributed by atoms with van der Waals surface area (Å²) in [6, 6.07) is 14.9. The second-order valence-corrected chi connectivity index (χ2v) is 7.71. The number of nitrogens with zero attached hydrogens (tertiary/aromatic N) is 3. The number of rotatable bonds is 5. The zero-order chi connectivity index (χ0) is 20.4. The average molecular weight is 392 g/mol. The lowest BCUT2D eigenvalue weighted by molar-refractivity contribution is -0.119. The summed E-state index contributed by atoms with van der Waals surface area (Å²) in [5.74, 6) is -0.248. The van der Waals surface area contributed by atoms with Gasteiger partial charge in [-0.15, -0.1) is 0 Å². The first-order chi connectivity index (χ1) is 14.0. The predicted molar refractivity (Wildman–Crippen MR) is 111 cm³/mol. The highest BCUT2D eigenvalue weighted by molar-refractivity contribution is 5.73. The van der Waals surface area contributed by atoms with E-state index >= 15 is 0 Å². The third-order valence-electron chi connectivity index (χ3n) is 5.28. The molecule has 1 saturated heterocycles. The number of carbonyl (C=O) groups excluding carboxylic acids is 1. The molecule has 2 heterocycles. The summed E-state index contributed by atoms with van der Waals surface area (Å²) in [6.07, 6.45) is 2.99. The summed E-state index contributed by atoms with van der Waals surface area (Å²) in [7, 11) is 0. The van der Waals surface area contributed by atoms with Crippen LogP contribution < -0.4 is 5.32 Å². The number of hydrogen-bond acceptors (Lipinski definition) is 3. The van der Waals surface area contributed by atoms with Crippen LogP contribution in [0.25, 0.3) is 16.9 Å². The van der Waals surface area contributed by atoms with Crippen LogP contribution in [0.5, 0.6) is 0 Å². The Bertz CT molecular complexity index is 995. The van der Waals surface area contributed by atoms with Crippen LogP contribution in [-0.2, 0) is 11.3 Å². The van der Waals surface area contributed by atoms with Gasteiger partial charge < -0.3 is 5.32 Å². The van der Waals surface area contributed by atoms with E-state index in [4.69, 9.17) is 5.10 Å². The third kappa shape index (κ3) is 4.54. The van der Waals surface area contributed by atoms with E-state index in [9.17, 15) is 9.18 Å². The zero-order valence-corrected chi connectivity index (χ0v) is 16.7. The van der Waals surface area contributed by atoms with Crippen molar-refractivity contribution in [3.05, 3.63) is 71.7 Å². The summed E-state index contributed by atoms with van der Waals surface area (Å²) in [5, 5.41) is 7.82. The molecule has 1 atom stereocenters. The van der Waals surface area contributed by atoms with E-state index in [1.165, 1.54) is 17.7 Å². The first-order valence-electron chi connectivity index (χ1n) is 9.89. The van der Waals surface area contributed by atoms with E-state index in [1.54, 1.807) is 19.1 Å². The molecule has 0 bridgehead atoms. The molecular weight excluding hydrogens is 367 g/mol. The van der Waals surface area contributed by atoms with E-state index in [-0.39, 0.29) is 17.8 Å². The Balaban J connectivity index is 1.63. The van der Waals surface area contributed by atoms with E-state index in [1.807, 2.05) is 16.8 Å². The summed E-state index contributed by atoms with van der Waals surface area (Å²) in [5.41, 5.74) is 5.02. The van der Waals surface area contributed by atoms with Crippen molar-refractivity contribution in [2.45, 2.75) is 32.9 Å². The highest BCUT2D eigenvalue weighted by atomic mass is 19.1. The van der Waals surface area contributed by atoms with Crippen LogP contribution in [0.3, 0.4) is 0 Å². The number of benzene rings is 2. The lowest BCUT2D eigenvalue weighted by Crippen LogP contribution is -2.35. The minimum Gasteiger partial charge on any atom is -0.352 e. The fourth-order valence-electron chi connectivity index (χ4n) is 3.83. The Hall–Kier alpha value is -2.99. The van der Waals surface area contributed by atoms with Crippen molar-refractivity contribution in [1.29, 1.82) is 0 Å². The van der Waals surface area contributed by atoms with Crippen LogP contribution in [-0.4, -0.2) is 39.7 Å². The van der Waals surface area contributed by atoms with E-state index in [2.05, 4.69) is 35.5 Å². The molecule has 1 aromatic heterocycles. The summed E-state index contributed by atoms with van der Waals surface area (Å²) >= 11 is 0. The maximum Gasteiger partial charge on any atom is 0.217 e. The van der Waals surface area contributed by atoms with Gasteiger partial charge in [-0.05, 0) is 49.7 Å². The Kier molecular flexibility index (Phi) is 5.45. The van der Waals surface area contributed by atoms with Crippen LogP contribution in [0, 0.1) is 12.7 Å². The van der Waals surface area contributed by atoms with Gasteiger partial charge in [-0.3, -0.25) is 9.69 Å². The molecule has 150 valence electrons. The number of aromatic nitrogens is 2. The predicted octanol–water partition coefficient (Wildman–Crippen LogP) is 3.70. The molecule has 4 rings (SSSR count). The average Bonchev–Trinajstić information content (AvgIpc) is 3.30. The monoisotopic (exact) mass is 392 g/mol. The van der Waals surface area contributed by atoms with Gasteiger partial charge >= 0.3 is 0 Å². The molecule has 29 heavy (non-hydrogen) atoms. The van der Waals surface area contributed by atoms with Gasteiger partial charge in [0, 0.05) is 49.9 Å². The molecule has 1 fully saturated rings. The second-order valence-electron chi connectivity index (χ2n) is 7.71. The normalized spacial score (nSPS) is 16.9. The lowest BCUT2D eigenvalue weighted by atomic mass is 10.1. The quantitative estimate of drug-likeness (QED) is 0.720. The van der Waals surface area contributed by atoms with Crippen LogP contribution >= 0.6 is 0 Å². The summed E-state index contributed by atoms with van der Waals surface area (Å²) in [6.45, 7) is 6.08. The van der Waals surface area contributed by atoms with Gasteiger partial charge in [-0.25, -0.2) is 9.07 Å². The third-order valence-corrected chi connectivity index (χ3v) is 5.28. The van der Waals surface area contributed by atoms with Crippen molar-refractivity contribution in [1.82, 2.24) is 20.0 Å². The minimum absolute atomic E-state index is 0.0102. The molecule has 0 spiro atoms. The second kappa shape index (κ2) is 8.17. The molecule has 1 aliphatic heterocycles. The van der Waals surface area contributed by atoms with E-state index in [0.717, 1.165) is 48.6 Å². The molecule has 0 radical (unpaired) electrons. The molecule has 6 heteroatoms. The fraction of sp³-hybridized carbons (Fsp3) is 0.304. The van der Waals surface area contributed by atoms with Gasteiger partial charge in [0.05, 0.1) is 11.4 Å². The van der Waals surface area contributed by atoms with Crippen molar-refractivity contribution >= 4 is 5.91 Å².